The summed E-state index contributed by atoms with van der Waals surface area (Å²) in [4.78, 5) is 2.21. The van der Waals surface area contributed by atoms with Crippen LogP contribution in [0.5, 0.6) is 0 Å². The summed E-state index contributed by atoms with van der Waals surface area (Å²) >= 11 is 3.43. The highest BCUT2D eigenvalue weighted by atomic mass is 79.9. The number of halogens is 1. The highest BCUT2D eigenvalue weighted by Gasteiger charge is 2.05. The fraction of sp³-hybridized carbons (Fsp3) is 0.455. The van der Waals surface area contributed by atoms with Crippen molar-refractivity contribution in [3.63, 3.8) is 0 Å². The maximum absolute atomic E-state index is 3.43. The lowest BCUT2D eigenvalue weighted by Gasteiger charge is -2.17. The molecule has 1 unspecified atom stereocenters. The molecule has 13 heavy (non-hydrogen) atoms. The van der Waals surface area contributed by atoms with Crippen molar-refractivity contribution >= 4 is 15.9 Å². The normalized spacial score (nSPS) is 13.3. The van der Waals surface area contributed by atoms with Crippen molar-refractivity contribution in [2.24, 2.45) is 0 Å². The van der Waals surface area contributed by atoms with E-state index in [9.17, 15) is 0 Å². The summed E-state index contributed by atoms with van der Waals surface area (Å²) in [6, 6.07) is 8.56. The Morgan fingerprint density at radius 1 is 1.23 bits per heavy atom. The molecule has 1 rings (SSSR count). The second kappa shape index (κ2) is 4.77. The van der Waals surface area contributed by atoms with Gasteiger partial charge in [-0.3, -0.25) is 0 Å². The first-order valence-electron chi connectivity index (χ1n) is 4.50. The van der Waals surface area contributed by atoms with E-state index in [1.807, 2.05) is 0 Å². The Bertz CT molecular complexity index is 253. The number of benzene rings is 1. The van der Waals surface area contributed by atoms with Crippen molar-refractivity contribution in [1.29, 1.82) is 0 Å². The van der Waals surface area contributed by atoms with Crippen LogP contribution in [-0.2, 0) is 0 Å². The molecule has 0 bridgehead atoms. The molecule has 0 radical (unpaired) electrons. The van der Waals surface area contributed by atoms with Crippen LogP contribution >= 0.6 is 15.9 Å². The van der Waals surface area contributed by atoms with E-state index < -0.39 is 0 Å². The molecule has 1 aromatic carbocycles. The van der Waals surface area contributed by atoms with Crippen molar-refractivity contribution in [1.82, 2.24) is 4.90 Å². The summed E-state index contributed by atoms with van der Waals surface area (Å²) in [6.45, 7) is 3.35. The Balaban J connectivity index is 2.66. The summed E-state index contributed by atoms with van der Waals surface area (Å²) in [5.74, 6) is 0.600. The van der Waals surface area contributed by atoms with Gasteiger partial charge in [-0.2, -0.15) is 0 Å². The van der Waals surface area contributed by atoms with Crippen molar-refractivity contribution in [2.75, 3.05) is 20.6 Å². The molecule has 0 spiro atoms. The first-order chi connectivity index (χ1) is 6.09. The molecule has 1 atom stereocenters. The summed E-state index contributed by atoms with van der Waals surface area (Å²) in [5.41, 5.74) is 1.40. The van der Waals surface area contributed by atoms with Gasteiger partial charge in [0, 0.05) is 11.0 Å². The predicted octanol–water partition coefficient (Wildman–Crippen LogP) is 3.11. The lowest BCUT2D eigenvalue weighted by molar-refractivity contribution is 0.383. The maximum atomic E-state index is 3.43. The highest BCUT2D eigenvalue weighted by Crippen LogP contribution is 2.18. The van der Waals surface area contributed by atoms with Gasteiger partial charge in [-0.15, -0.1) is 0 Å². The Morgan fingerprint density at radius 2 is 1.77 bits per heavy atom. The van der Waals surface area contributed by atoms with Crippen LogP contribution in [0.1, 0.15) is 18.4 Å². The molecule has 0 aromatic heterocycles. The average molecular weight is 242 g/mol. The molecular weight excluding hydrogens is 226 g/mol. The molecule has 2 heteroatoms. The first kappa shape index (κ1) is 10.7. The predicted molar refractivity (Wildman–Crippen MR) is 61.1 cm³/mol. The molecule has 0 aliphatic heterocycles. The summed E-state index contributed by atoms with van der Waals surface area (Å²) in [5, 5.41) is 0. The zero-order chi connectivity index (χ0) is 9.84. The summed E-state index contributed by atoms with van der Waals surface area (Å²) in [6.07, 6.45) is 0. The van der Waals surface area contributed by atoms with Crippen LogP contribution in [0.4, 0.5) is 0 Å². The smallest absolute Gasteiger partial charge is 0.0175 e. The lowest BCUT2D eigenvalue weighted by atomic mass is 10.0. The number of nitrogens with zero attached hydrogens (tertiary/aromatic N) is 1. The van der Waals surface area contributed by atoms with Gasteiger partial charge >= 0.3 is 0 Å². The van der Waals surface area contributed by atoms with Gasteiger partial charge in [-0.25, -0.2) is 0 Å². The van der Waals surface area contributed by atoms with Gasteiger partial charge < -0.3 is 4.90 Å². The number of rotatable bonds is 3. The average Bonchev–Trinajstić information content (AvgIpc) is 2.04. The molecule has 0 aliphatic rings. The third-order valence-electron chi connectivity index (χ3n) is 2.08. The molecule has 0 heterocycles. The fourth-order valence-electron chi connectivity index (χ4n) is 1.44. The molecule has 0 saturated carbocycles. The van der Waals surface area contributed by atoms with Crippen LogP contribution in [0.2, 0.25) is 0 Å². The molecule has 0 fully saturated rings. The lowest BCUT2D eigenvalue weighted by Crippen LogP contribution is -2.18. The van der Waals surface area contributed by atoms with Crippen molar-refractivity contribution in [3.8, 4) is 0 Å². The highest BCUT2D eigenvalue weighted by molar-refractivity contribution is 9.10. The van der Waals surface area contributed by atoms with Crippen LogP contribution in [0.15, 0.2) is 28.7 Å². The second-order valence-corrected chi connectivity index (χ2v) is 4.63. The van der Waals surface area contributed by atoms with Gasteiger partial charge in [0.2, 0.25) is 0 Å². The Morgan fingerprint density at radius 3 is 2.23 bits per heavy atom. The molecule has 0 N–H and O–H groups in total. The van der Waals surface area contributed by atoms with Gasteiger partial charge in [0.15, 0.2) is 0 Å². The quantitative estimate of drug-likeness (QED) is 0.787. The maximum Gasteiger partial charge on any atom is 0.0175 e. The van der Waals surface area contributed by atoms with Gasteiger partial charge in [0.25, 0.3) is 0 Å². The second-order valence-electron chi connectivity index (χ2n) is 3.71. The van der Waals surface area contributed by atoms with Crippen molar-refractivity contribution < 1.29 is 0 Å². The van der Waals surface area contributed by atoms with E-state index in [4.69, 9.17) is 0 Å². The molecule has 0 saturated heterocycles. The SMILES string of the molecule is CC(CN(C)C)c1ccc(Br)cc1. The van der Waals surface area contributed by atoms with Crippen LogP contribution in [0.25, 0.3) is 0 Å². The minimum absolute atomic E-state index is 0.600. The van der Waals surface area contributed by atoms with E-state index in [-0.39, 0.29) is 0 Å². The van der Waals surface area contributed by atoms with E-state index in [0.29, 0.717) is 5.92 Å². The number of hydrogen-bond donors (Lipinski definition) is 0. The minimum atomic E-state index is 0.600. The number of likely N-dealkylation sites (N-methyl/N-ethyl adjacent to an activating group) is 1. The summed E-state index contributed by atoms with van der Waals surface area (Å²) < 4.78 is 1.15. The van der Waals surface area contributed by atoms with E-state index in [2.05, 4.69) is 66.1 Å². The molecule has 1 nitrogen and oxygen atoms in total. The summed E-state index contributed by atoms with van der Waals surface area (Å²) in [7, 11) is 4.21. The van der Waals surface area contributed by atoms with Crippen LogP contribution in [0, 0.1) is 0 Å². The first-order valence-corrected chi connectivity index (χ1v) is 5.29. The van der Waals surface area contributed by atoms with Gasteiger partial charge in [0.1, 0.15) is 0 Å². The fourth-order valence-corrected chi connectivity index (χ4v) is 1.71. The van der Waals surface area contributed by atoms with E-state index >= 15 is 0 Å². The Labute approximate surface area is 88.9 Å². The van der Waals surface area contributed by atoms with Crippen molar-refractivity contribution in [3.05, 3.63) is 34.3 Å². The molecule has 1 aromatic rings. The van der Waals surface area contributed by atoms with E-state index in [1.54, 1.807) is 0 Å². The van der Waals surface area contributed by atoms with Crippen LogP contribution in [-0.4, -0.2) is 25.5 Å². The van der Waals surface area contributed by atoms with Gasteiger partial charge in [-0.05, 0) is 37.7 Å². The zero-order valence-electron chi connectivity index (χ0n) is 8.42. The monoisotopic (exact) mass is 241 g/mol. The van der Waals surface area contributed by atoms with Crippen LogP contribution in [0.3, 0.4) is 0 Å². The zero-order valence-corrected chi connectivity index (χ0v) is 10.0. The largest absolute Gasteiger partial charge is 0.309 e. The molecule has 0 amide bonds. The minimum Gasteiger partial charge on any atom is -0.309 e. The standard InChI is InChI=1S/C11H16BrN/c1-9(8-13(2)3)10-4-6-11(12)7-5-10/h4-7,9H,8H2,1-3H3. The molecular formula is C11H16BrN. The van der Waals surface area contributed by atoms with E-state index in [0.717, 1.165) is 11.0 Å². The Hall–Kier alpha value is -0.340. The number of hydrogen-bond acceptors (Lipinski definition) is 1. The van der Waals surface area contributed by atoms with Crippen molar-refractivity contribution in [2.45, 2.75) is 12.8 Å². The van der Waals surface area contributed by atoms with Gasteiger partial charge in [0.05, 0.1) is 0 Å². The van der Waals surface area contributed by atoms with Gasteiger partial charge in [-0.1, -0.05) is 35.0 Å². The molecule has 0 aliphatic carbocycles. The van der Waals surface area contributed by atoms with Crippen LogP contribution < -0.4 is 0 Å². The Kier molecular flexibility index (Phi) is 3.94. The molecule has 72 valence electrons. The van der Waals surface area contributed by atoms with E-state index in [1.165, 1.54) is 5.56 Å². The topological polar surface area (TPSA) is 3.24 Å². The third kappa shape index (κ3) is 3.49. The third-order valence-corrected chi connectivity index (χ3v) is 2.61.